The highest BCUT2D eigenvalue weighted by Crippen LogP contribution is 2.63. The third kappa shape index (κ3) is 4.10. The number of carbonyl (C=O) groups excluding carboxylic acids is 1. The maximum absolute atomic E-state index is 14.7. The van der Waals surface area contributed by atoms with Crippen LogP contribution in [0.15, 0.2) is 181 Å². The molecule has 1 aliphatic rings. The highest BCUT2D eigenvalue weighted by atomic mass is 16.6. The van der Waals surface area contributed by atoms with Gasteiger partial charge >= 0.3 is 5.97 Å². The van der Waals surface area contributed by atoms with Gasteiger partial charge in [0.1, 0.15) is 0 Å². The van der Waals surface area contributed by atoms with Gasteiger partial charge < -0.3 is 25.2 Å². The quantitative estimate of drug-likeness (QED) is 0.131. The van der Waals surface area contributed by atoms with Crippen molar-refractivity contribution in [3.63, 3.8) is 0 Å². The molecule has 0 amide bonds. The average molecular weight is 681 g/mol. The van der Waals surface area contributed by atoms with Crippen LogP contribution in [-0.2, 0) is 26.3 Å². The molecule has 6 heteroatoms. The maximum atomic E-state index is 14.7. The van der Waals surface area contributed by atoms with E-state index < -0.39 is 34.3 Å². The fourth-order valence-electron chi connectivity index (χ4n) is 8.45. The minimum atomic E-state index is -2.82. The van der Waals surface area contributed by atoms with Gasteiger partial charge in [-0.15, -0.1) is 0 Å². The summed E-state index contributed by atoms with van der Waals surface area (Å²) in [5.41, 5.74) is -7.09. The Bertz CT molecular complexity index is 2670. The first-order valence-corrected chi connectivity index (χ1v) is 17.0. The molecule has 9 rings (SSSR count). The van der Waals surface area contributed by atoms with Crippen molar-refractivity contribution < 1.29 is 30.0 Å². The van der Waals surface area contributed by atoms with E-state index in [-0.39, 0.29) is 22.3 Å². The first kappa shape index (κ1) is 31.5. The van der Waals surface area contributed by atoms with E-state index in [0.717, 1.165) is 16.2 Å². The molecule has 6 nitrogen and oxygen atoms in total. The third-order valence-electron chi connectivity index (χ3n) is 10.7. The van der Waals surface area contributed by atoms with E-state index in [4.69, 9.17) is 4.74 Å². The Kier molecular flexibility index (Phi) is 6.99. The number of benzene rings is 8. The summed E-state index contributed by atoms with van der Waals surface area (Å²) < 4.78 is 6.33. The van der Waals surface area contributed by atoms with Crippen LogP contribution in [0.25, 0.3) is 43.1 Å². The van der Waals surface area contributed by atoms with Gasteiger partial charge in [0.05, 0.1) is 0 Å². The summed E-state index contributed by atoms with van der Waals surface area (Å²) in [5.74, 6) is -3.24. The van der Waals surface area contributed by atoms with E-state index in [1.54, 1.807) is 60.7 Å². The Morgan fingerprint density at radius 3 is 1.27 bits per heavy atom. The third-order valence-corrected chi connectivity index (χ3v) is 10.7. The molecule has 0 saturated heterocycles. The lowest BCUT2D eigenvalue weighted by Crippen LogP contribution is -2.64. The largest absolute Gasteiger partial charge is 0.505 e. The molecule has 0 unspecified atom stereocenters. The molecule has 8 aromatic rings. The predicted octanol–water partition coefficient (Wildman–Crippen LogP) is 9.20. The highest BCUT2D eigenvalue weighted by Gasteiger charge is 2.73. The number of rotatable bonds is 6. The monoisotopic (exact) mass is 680 g/mol. The molecule has 1 aliphatic heterocycles. The molecule has 0 aliphatic carbocycles. The number of esters is 1. The summed E-state index contributed by atoms with van der Waals surface area (Å²) in [6, 6.07) is 51.2. The highest BCUT2D eigenvalue weighted by molar-refractivity contribution is 5.97. The summed E-state index contributed by atoms with van der Waals surface area (Å²) in [4.78, 5) is 13.8. The van der Waals surface area contributed by atoms with Crippen LogP contribution in [0.3, 0.4) is 0 Å². The lowest BCUT2D eigenvalue weighted by molar-refractivity contribution is -0.248. The lowest BCUT2D eigenvalue weighted by atomic mass is 9.57. The number of ether oxygens (including phenoxy) is 1. The number of fused-ring (bicyclic) bond motifs is 4. The molecule has 52 heavy (non-hydrogen) atoms. The van der Waals surface area contributed by atoms with E-state index in [1.165, 1.54) is 0 Å². The van der Waals surface area contributed by atoms with Gasteiger partial charge in [-0.3, -0.25) is 0 Å². The van der Waals surface area contributed by atoms with Crippen molar-refractivity contribution in [2.24, 2.45) is 0 Å². The standard InChI is InChI=1S/C46H32O6/c47-41-42(48)45(52-43(41)49,39-27-11-19-31-15-3-7-23-35(31)39)46(51,40-28-12-20-32-16-4-8-24-36(32)40)44(50,37-25-9-17-29-13-1-5-21-33(29)37)38-26-10-18-30-14-2-6-22-34(30)38/h1-28,47-48,50-51H/t45-,46-/m0/s1. The zero-order valence-electron chi connectivity index (χ0n) is 27.8. The van der Waals surface area contributed by atoms with Crippen LogP contribution in [0.4, 0.5) is 0 Å². The number of hydrogen-bond donors (Lipinski definition) is 4. The molecular formula is C46H32O6. The molecule has 0 saturated carbocycles. The normalized spacial score (nSPS) is 17.5. The Labute approximate surface area is 298 Å². The van der Waals surface area contributed by atoms with Crippen LogP contribution in [0, 0.1) is 0 Å². The number of cyclic esters (lactones) is 1. The SMILES string of the molecule is O=C1O[C@](c2cccc3ccccc23)([C@](O)(c2cccc3ccccc23)C(O)(c2cccc3ccccc23)c2cccc3ccccc23)C(O)=C1O. The van der Waals surface area contributed by atoms with Crippen molar-refractivity contribution in [1.29, 1.82) is 0 Å². The minimum absolute atomic E-state index is 0.149. The fourth-order valence-corrected chi connectivity index (χ4v) is 8.45. The second kappa shape index (κ2) is 11.5. The second-order valence-corrected chi connectivity index (χ2v) is 13.3. The van der Waals surface area contributed by atoms with Gasteiger partial charge in [0.25, 0.3) is 0 Å². The van der Waals surface area contributed by atoms with Crippen molar-refractivity contribution in [3.05, 3.63) is 204 Å². The van der Waals surface area contributed by atoms with E-state index in [1.807, 2.05) is 109 Å². The smallest absolute Gasteiger partial charge is 0.378 e. The lowest BCUT2D eigenvalue weighted by Gasteiger charge is -2.53. The van der Waals surface area contributed by atoms with Crippen LogP contribution in [0.2, 0.25) is 0 Å². The van der Waals surface area contributed by atoms with E-state index in [2.05, 4.69) is 0 Å². The van der Waals surface area contributed by atoms with Gasteiger partial charge in [-0.2, -0.15) is 0 Å². The molecule has 252 valence electrons. The van der Waals surface area contributed by atoms with Crippen molar-refractivity contribution >= 4 is 49.1 Å². The van der Waals surface area contributed by atoms with Gasteiger partial charge in [-0.25, -0.2) is 4.79 Å². The summed E-state index contributed by atoms with van der Waals surface area (Å²) >= 11 is 0. The Balaban J connectivity index is 1.58. The first-order valence-electron chi connectivity index (χ1n) is 17.0. The summed E-state index contributed by atoms with van der Waals surface area (Å²) in [5, 5.41) is 58.3. The molecule has 0 spiro atoms. The van der Waals surface area contributed by atoms with E-state index >= 15 is 0 Å². The molecule has 0 fully saturated rings. The Hall–Kier alpha value is -6.47. The van der Waals surface area contributed by atoms with Crippen molar-refractivity contribution in [1.82, 2.24) is 0 Å². The Morgan fingerprint density at radius 2 is 0.808 bits per heavy atom. The number of aliphatic hydroxyl groups excluding tert-OH is 2. The van der Waals surface area contributed by atoms with Gasteiger partial charge in [0.15, 0.2) is 17.0 Å². The molecule has 0 radical (unpaired) electrons. The van der Waals surface area contributed by atoms with E-state index in [9.17, 15) is 25.2 Å². The number of hydrogen-bond acceptors (Lipinski definition) is 6. The Morgan fingerprint density at radius 1 is 0.442 bits per heavy atom. The van der Waals surface area contributed by atoms with Crippen molar-refractivity contribution in [3.8, 4) is 0 Å². The van der Waals surface area contributed by atoms with Crippen LogP contribution in [0.5, 0.6) is 0 Å². The molecule has 0 aromatic heterocycles. The topological polar surface area (TPSA) is 107 Å². The summed E-state index contributed by atoms with van der Waals surface area (Å²) in [6.45, 7) is 0. The van der Waals surface area contributed by atoms with Crippen LogP contribution < -0.4 is 0 Å². The molecule has 4 N–H and O–H groups in total. The first-order chi connectivity index (χ1) is 25.3. The van der Waals surface area contributed by atoms with Crippen LogP contribution in [0.1, 0.15) is 22.3 Å². The van der Waals surface area contributed by atoms with Gasteiger partial charge in [0, 0.05) is 5.56 Å². The molecule has 0 bridgehead atoms. The average Bonchev–Trinajstić information content (AvgIpc) is 3.43. The summed E-state index contributed by atoms with van der Waals surface area (Å²) in [7, 11) is 0. The zero-order valence-corrected chi connectivity index (χ0v) is 27.8. The van der Waals surface area contributed by atoms with Crippen molar-refractivity contribution in [2.75, 3.05) is 0 Å². The van der Waals surface area contributed by atoms with Crippen molar-refractivity contribution in [2.45, 2.75) is 16.8 Å². The second-order valence-electron chi connectivity index (χ2n) is 13.3. The maximum Gasteiger partial charge on any atom is 0.378 e. The minimum Gasteiger partial charge on any atom is -0.505 e. The van der Waals surface area contributed by atoms with Crippen LogP contribution in [-0.4, -0.2) is 26.4 Å². The molecule has 1 heterocycles. The van der Waals surface area contributed by atoms with Crippen LogP contribution >= 0.6 is 0 Å². The molecule has 8 aromatic carbocycles. The fraction of sp³-hybridized carbons (Fsp3) is 0.0652. The van der Waals surface area contributed by atoms with E-state index in [0.29, 0.717) is 26.9 Å². The number of aliphatic hydroxyl groups is 4. The number of carbonyl (C=O) groups is 1. The molecular weight excluding hydrogens is 649 g/mol. The van der Waals surface area contributed by atoms with Gasteiger partial charge in [-0.1, -0.05) is 170 Å². The van der Waals surface area contributed by atoms with Gasteiger partial charge in [0.2, 0.25) is 11.4 Å². The zero-order chi connectivity index (χ0) is 35.7. The van der Waals surface area contributed by atoms with Gasteiger partial charge in [-0.05, 0) is 59.8 Å². The predicted molar refractivity (Wildman–Crippen MR) is 203 cm³/mol. The summed E-state index contributed by atoms with van der Waals surface area (Å²) in [6.07, 6.45) is 0. The molecule has 2 atom stereocenters.